The van der Waals surface area contributed by atoms with E-state index in [1.165, 1.54) is 32.6 Å². The molecule has 286 valence electrons. The van der Waals surface area contributed by atoms with Gasteiger partial charge in [-0.25, -0.2) is 0 Å². The summed E-state index contributed by atoms with van der Waals surface area (Å²) in [5.74, 6) is 0. The van der Waals surface area contributed by atoms with Crippen molar-refractivity contribution >= 4 is 71.6 Å². The Labute approximate surface area is 353 Å². The second-order valence-corrected chi connectivity index (χ2v) is 15.7. The van der Waals surface area contributed by atoms with E-state index in [1.807, 2.05) is 12.1 Å². The Hall–Kier alpha value is -8.14. The molecule has 61 heavy (non-hydrogen) atoms. The highest BCUT2D eigenvalue weighted by Crippen LogP contribution is 2.43. The van der Waals surface area contributed by atoms with Crippen LogP contribution in [-0.4, -0.2) is 4.57 Å². The van der Waals surface area contributed by atoms with Crippen LogP contribution in [0.4, 0.5) is 17.1 Å². The molecule has 0 N–H and O–H groups in total. The van der Waals surface area contributed by atoms with Gasteiger partial charge < -0.3 is 13.9 Å². The minimum atomic E-state index is 0.879. The van der Waals surface area contributed by atoms with Gasteiger partial charge >= 0.3 is 0 Å². The van der Waals surface area contributed by atoms with Gasteiger partial charge in [-0.3, -0.25) is 0 Å². The summed E-state index contributed by atoms with van der Waals surface area (Å²) < 4.78 is 8.86. The number of benzene rings is 10. The molecule has 0 fully saturated rings. The lowest BCUT2D eigenvalue weighted by atomic mass is 9.90. The molecule has 0 saturated heterocycles. The standard InChI is InChI=1S/C58H38N2O/c1-3-17-45(18-4-1)59(48-30-26-39-14-7-8-15-40(39)34-48)47-21-13-16-43(35-47)49-31-27-41(36-54(49)44-29-33-53-52-23-10-12-25-57(52)61-58(53)38-44)42-28-32-51-50-22-9-11-24-55(50)60(56(51)37-42)46-19-5-2-6-20-46/h1-38H. The van der Waals surface area contributed by atoms with Crippen molar-refractivity contribution in [3.05, 3.63) is 231 Å². The van der Waals surface area contributed by atoms with E-state index < -0.39 is 0 Å². The molecule has 2 aromatic heterocycles. The molecule has 0 saturated carbocycles. The lowest BCUT2D eigenvalue weighted by Gasteiger charge is -2.26. The number of furan rings is 1. The van der Waals surface area contributed by atoms with Crippen LogP contribution in [-0.2, 0) is 0 Å². The zero-order valence-corrected chi connectivity index (χ0v) is 33.2. The fourth-order valence-corrected chi connectivity index (χ4v) is 9.27. The molecule has 0 atom stereocenters. The van der Waals surface area contributed by atoms with E-state index in [9.17, 15) is 0 Å². The predicted molar refractivity (Wildman–Crippen MR) is 257 cm³/mol. The van der Waals surface area contributed by atoms with Crippen molar-refractivity contribution in [2.75, 3.05) is 4.90 Å². The molecule has 10 aromatic carbocycles. The Morgan fingerprint density at radius 1 is 0.311 bits per heavy atom. The molecule has 3 heteroatoms. The van der Waals surface area contributed by atoms with Gasteiger partial charge in [0.1, 0.15) is 11.2 Å². The maximum atomic E-state index is 6.48. The largest absolute Gasteiger partial charge is 0.456 e. The smallest absolute Gasteiger partial charge is 0.136 e. The first-order chi connectivity index (χ1) is 30.2. The Kier molecular flexibility index (Phi) is 8.17. The topological polar surface area (TPSA) is 21.3 Å². The summed E-state index contributed by atoms with van der Waals surface area (Å²) in [6.07, 6.45) is 0. The summed E-state index contributed by atoms with van der Waals surface area (Å²) in [5, 5.41) is 7.16. The third-order valence-corrected chi connectivity index (χ3v) is 12.2. The van der Waals surface area contributed by atoms with Gasteiger partial charge in [0, 0.05) is 44.3 Å². The Balaban J connectivity index is 1.05. The fourth-order valence-electron chi connectivity index (χ4n) is 9.27. The van der Waals surface area contributed by atoms with Crippen LogP contribution in [0.25, 0.3) is 93.6 Å². The van der Waals surface area contributed by atoms with Gasteiger partial charge in [-0.1, -0.05) is 146 Å². The van der Waals surface area contributed by atoms with Crippen LogP contribution in [0.2, 0.25) is 0 Å². The van der Waals surface area contributed by atoms with Crippen molar-refractivity contribution in [1.29, 1.82) is 0 Å². The number of hydrogen-bond donors (Lipinski definition) is 0. The molecule has 12 rings (SSSR count). The maximum Gasteiger partial charge on any atom is 0.136 e. The van der Waals surface area contributed by atoms with Crippen LogP contribution >= 0.6 is 0 Å². The monoisotopic (exact) mass is 778 g/mol. The van der Waals surface area contributed by atoms with Crippen molar-refractivity contribution in [3.8, 4) is 39.1 Å². The normalized spacial score (nSPS) is 11.6. The molecular formula is C58H38N2O. The van der Waals surface area contributed by atoms with Gasteiger partial charge in [0.2, 0.25) is 0 Å². The highest BCUT2D eigenvalue weighted by atomic mass is 16.3. The number of fused-ring (bicyclic) bond motifs is 7. The minimum Gasteiger partial charge on any atom is -0.456 e. The van der Waals surface area contributed by atoms with E-state index in [4.69, 9.17) is 4.42 Å². The summed E-state index contributed by atoms with van der Waals surface area (Å²) in [7, 11) is 0. The molecule has 0 aliphatic rings. The van der Waals surface area contributed by atoms with Crippen LogP contribution < -0.4 is 4.90 Å². The maximum absolute atomic E-state index is 6.48. The van der Waals surface area contributed by atoms with E-state index in [1.54, 1.807) is 0 Å². The van der Waals surface area contributed by atoms with Crippen LogP contribution in [0.3, 0.4) is 0 Å². The summed E-state index contributed by atoms with van der Waals surface area (Å²) in [6, 6.07) is 83.0. The summed E-state index contributed by atoms with van der Waals surface area (Å²) in [5.41, 5.74) is 15.4. The number of rotatable bonds is 7. The molecule has 3 nitrogen and oxygen atoms in total. The Morgan fingerprint density at radius 2 is 0.934 bits per heavy atom. The first-order valence-corrected chi connectivity index (χ1v) is 20.8. The summed E-state index contributed by atoms with van der Waals surface area (Å²) in [6.45, 7) is 0. The van der Waals surface area contributed by atoms with Gasteiger partial charge in [0.15, 0.2) is 0 Å². The third-order valence-electron chi connectivity index (χ3n) is 12.2. The average molecular weight is 779 g/mol. The molecule has 0 amide bonds. The zero-order valence-electron chi connectivity index (χ0n) is 33.2. The van der Waals surface area contributed by atoms with Crippen LogP contribution in [0, 0.1) is 0 Å². The first-order valence-electron chi connectivity index (χ1n) is 20.8. The van der Waals surface area contributed by atoms with Gasteiger partial charge in [-0.15, -0.1) is 0 Å². The number of hydrogen-bond acceptors (Lipinski definition) is 2. The molecule has 0 aliphatic heterocycles. The zero-order chi connectivity index (χ0) is 40.3. The number of aromatic nitrogens is 1. The molecule has 0 bridgehead atoms. The third kappa shape index (κ3) is 5.98. The summed E-state index contributed by atoms with van der Waals surface area (Å²) >= 11 is 0. The van der Waals surface area contributed by atoms with Gasteiger partial charge in [0.25, 0.3) is 0 Å². The highest BCUT2D eigenvalue weighted by molar-refractivity contribution is 6.11. The van der Waals surface area contributed by atoms with Gasteiger partial charge in [0.05, 0.1) is 11.0 Å². The quantitative estimate of drug-likeness (QED) is 0.161. The lowest BCUT2D eigenvalue weighted by molar-refractivity contribution is 0.669. The number of anilines is 3. The van der Waals surface area contributed by atoms with Crippen molar-refractivity contribution in [3.63, 3.8) is 0 Å². The van der Waals surface area contributed by atoms with Crippen LogP contribution in [0.15, 0.2) is 235 Å². The van der Waals surface area contributed by atoms with E-state index in [0.29, 0.717) is 0 Å². The van der Waals surface area contributed by atoms with Crippen LogP contribution in [0.5, 0.6) is 0 Å². The van der Waals surface area contributed by atoms with E-state index in [2.05, 4.69) is 228 Å². The van der Waals surface area contributed by atoms with Crippen molar-refractivity contribution in [1.82, 2.24) is 4.57 Å². The molecule has 0 spiro atoms. The van der Waals surface area contributed by atoms with E-state index >= 15 is 0 Å². The number of nitrogens with zero attached hydrogens (tertiary/aromatic N) is 2. The fraction of sp³-hybridized carbons (Fsp3) is 0. The molecule has 0 radical (unpaired) electrons. The minimum absolute atomic E-state index is 0.879. The SMILES string of the molecule is c1ccc(N(c2cccc(-c3ccc(-c4ccc5c6ccccc6n(-c6ccccc6)c5c4)cc3-c3ccc4c(c3)oc3ccccc34)c2)c2ccc3ccccc3c2)cc1. The summed E-state index contributed by atoms with van der Waals surface area (Å²) in [4.78, 5) is 2.35. The van der Waals surface area contributed by atoms with Gasteiger partial charge in [-0.2, -0.15) is 0 Å². The Bertz CT molecular complexity index is 3600. The first kappa shape index (κ1) is 34.9. The van der Waals surface area contributed by atoms with Crippen molar-refractivity contribution in [2.45, 2.75) is 0 Å². The van der Waals surface area contributed by atoms with Crippen molar-refractivity contribution < 1.29 is 4.42 Å². The average Bonchev–Trinajstić information content (AvgIpc) is 3.87. The van der Waals surface area contributed by atoms with Gasteiger partial charge in [-0.05, 0) is 129 Å². The second kappa shape index (κ2) is 14.3. The molecular weight excluding hydrogens is 741 g/mol. The van der Waals surface area contributed by atoms with E-state index in [-0.39, 0.29) is 0 Å². The molecule has 12 aromatic rings. The molecule has 0 unspecified atom stereocenters. The lowest BCUT2D eigenvalue weighted by Crippen LogP contribution is -2.09. The van der Waals surface area contributed by atoms with Crippen LogP contribution in [0.1, 0.15) is 0 Å². The highest BCUT2D eigenvalue weighted by Gasteiger charge is 2.19. The Morgan fingerprint density at radius 3 is 1.82 bits per heavy atom. The molecule has 2 heterocycles. The second-order valence-electron chi connectivity index (χ2n) is 15.7. The predicted octanol–water partition coefficient (Wildman–Crippen LogP) is 16.3. The van der Waals surface area contributed by atoms with E-state index in [0.717, 1.165) is 78.1 Å². The number of para-hydroxylation sites is 4. The molecule has 0 aliphatic carbocycles. The van der Waals surface area contributed by atoms with Crippen molar-refractivity contribution in [2.24, 2.45) is 0 Å².